The number of sulfone groups is 1. The summed E-state index contributed by atoms with van der Waals surface area (Å²) in [6.45, 7) is 9.32. The van der Waals surface area contributed by atoms with Gasteiger partial charge in [-0.1, -0.05) is 12.2 Å². The van der Waals surface area contributed by atoms with Crippen molar-refractivity contribution in [2.24, 2.45) is 0 Å². The molecule has 0 aliphatic carbocycles. The zero-order valence-corrected chi connectivity index (χ0v) is 11.7. The summed E-state index contributed by atoms with van der Waals surface area (Å²) in [4.78, 5) is 11.6. The number of hydrogen-bond donors (Lipinski definition) is 1. The van der Waals surface area contributed by atoms with Crippen LogP contribution in [0.3, 0.4) is 0 Å². The maximum Gasteiger partial charge on any atom is 0.240 e. The van der Waals surface area contributed by atoms with E-state index in [1.165, 1.54) is 13.8 Å². The molecule has 0 rings (SSSR count). The molecule has 0 heterocycles. The van der Waals surface area contributed by atoms with E-state index in [0.29, 0.717) is 13.2 Å². The van der Waals surface area contributed by atoms with Crippen LogP contribution in [0.25, 0.3) is 0 Å². The standard InChI is InChI=1S/C11H21NO4S/c1-9(2)8-16-7-6-12-10(13)11(3,4)17(5,14)15/h1,6-8H2,2-5H3,(H,12,13). The molecule has 0 spiro atoms. The number of carbonyl (C=O) groups is 1. The van der Waals surface area contributed by atoms with Crippen LogP contribution in [0.1, 0.15) is 20.8 Å². The second-order valence-electron chi connectivity index (χ2n) is 4.55. The monoisotopic (exact) mass is 263 g/mol. The number of rotatable bonds is 7. The van der Waals surface area contributed by atoms with Crippen LogP contribution in [0.4, 0.5) is 0 Å². The molecule has 0 aliphatic heterocycles. The fraction of sp³-hybridized carbons (Fsp3) is 0.727. The minimum atomic E-state index is -3.42. The van der Waals surface area contributed by atoms with Gasteiger partial charge in [0.2, 0.25) is 5.91 Å². The highest BCUT2D eigenvalue weighted by Crippen LogP contribution is 2.14. The van der Waals surface area contributed by atoms with Gasteiger partial charge < -0.3 is 10.1 Å². The van der Waals surface area contributed by atoms with Crippen molar-refractivity contribution in [1.82, 2.24) is 5.32 Å². The van der Waals surface area contributed by atoms with Gasteiger partial charge in [-0.05, 0) is 20.8 Å². The maximum atomic E-state index is 11.6. The van der Waals surface area contributed by atoms with Crippen molar-refractivity contribution in [3.05, 3.63) is 12.2 Å². The highest BCUT2D eigenvalue weighted by atomic mass is 32.2. The van der Waals surface area contributed by atoms with E-state index in [0.717, 1.165) is 11.8 Å². The number of ether oxygens (including phenoxy) is 1. The molecule has 100 valence electrons. The molecule has 0 aromatic carbocycles. The Morgan fingerprint density at radius 1 is 1.41 bits per heavy atom. The molecule has 0 saturated carbocycles. The van der Waals surface area contributed by atoms with Gasteiger partial charge in [0.1, 0.15) is 4.75 Å². The molecule has 0 aliphatic rings. The number of hydrogen-bond acceptors (Lipinski definition) is 4. The lowest BCUT2D eigenvalue weighted by molar-refractivity contribution is -0.123. The predicted molar refractivity (Wildman–Crippen MR) is 67.6 cm³/mol. The van der Waals surface area contributed by atoms with Gasteiger partial charge in [-0.25, -0.2) is 8.42 Å². The van der Waals surface area contributed by atoms with Gasteiger partial charge in [0.25, 0.3) is 0 Å². The summed E-state index contributed by atoms with van der Waals surface area (Å²) in [7, 11) is -3.42. The second kappa shape index (κ2) is 6.16. The molecular weight excluding hydrogens is 242 g/mol. The van der Waals surface area contributed by atoms with Crippen LogP contribution in [0.15, 0.2) is 12.2 Å². The van der Waals surface area contributed by atoms with E-state index in [1.807, 2.05) is 6.92 Å². The zero-order chi connectivity index (χ0) is 13.7. The van der Waals surface area contributed by atoms with Gasteiger partial charge in [0, 0.05) is 12.8 Å². The molecule has 0 fully saturated rings. The van der Waals surface area contributed by atoms with Crippen LogP contribution in [-0.4, -0.2) is 45.1 Å². The number of amides is 1. The Kier molecular flexibility index (Phi) is 5.84. The van der Waals surface area contributed by atoms with Gasteiger partial charge in [0.05, 0.1) is 13.2 Å². The third-order valence-electron chi connectivity index (χ3n) is 2.35. The molecule has 1 N–H and O–H groups in total. The Hall–Kier alpha value is -0.880. The number of nitrogens with one attached hydrogen (secondary N) is 1. The maximum absolute atomic E-state index is 11.6. The minimum Gasteiger partial charge on any atom is -0.375 e. The van der Waals surface area contributed by atoms with Crippen LogP contribution in [-0.2, 0) is 19.4 Å². The molecule has 0 saturated heterocycles. The van der Waals surface area contributed by atoms with E-state index in [4.69, 9.17) is 4.74 Å². The molecular formula is C11H21NO4S. The molecule has 0 radical (unpaired) electrons. The first-order valence-corrected chi connectivity index (χ1v) is 7.18. The molecule has 0 aromatic rings. The molecule has 1 amide bonds. The van der Waals surface area contributed by atoms with Crippen molar-refractivity contribution in [3.63, 3.8) is 0 Å². The summed E-state index contributed by atoms with van der Waals surface area (Å²) in [6.07, 6.45) is 1.05. The van der Waals surface area contributed by atoms with Gasteiger partial charge in [-0.3, -0.25) is 4.79 Å². The van der Waals surface area contributed by atoms with Crippen molar-refractivity contribution >= 4 is 15.7 Å². The summed E-state index contributed by atoms with van der Waals surface area (Å²) in [5, 5.41) is 2.53. The average molecular weight is 263 g/mol. The molecule has 0 bridgehead atoms. The fourth-order valence-electron chi connectivity index (χ4n) is 0.864. The highest BCUT2D eigenvalue weighted by Gasteiger charge is 2.37. The van der Waals surface area contributed by atoms with E-state index >= 15 is 0 Å². The minimum absolute atomic E-state index is 0.283. The molecule has 17 heavy (non-hydrogen) atoms. The van der Waals surface area contributed by atoms with Gasteiger partial charge in [-0.2, -0.15) is 0 Å². The predicted octanol–water partition coefficient (Wildman–Crippen LogP) is 0.518. The van der Waals surface area contributed by atoms with E-state index in [2.05, 4.69) is 11.9 Å². The normalized spacial score (nSPS) is 12.2. The quantitative estimate of drug-likeness (QED) is 0.537. The van der Waals surface area contributed by atoms with Crippen molar-refractivity contribution in [2.45, 2.75) is 25.5 Å². The van der Waals surface area contributed by atoms with Crippen molar-refractivity contribution in [3.8, 4) is 0 Å². The third kappa shape index (κ3) is 5.32. The van der Waals surface area contributed by atoms with Crippen LogP contribution < -0.4 is 5.32 Å². The Morgan fingerprint density at radius 2 is 1.94 bits per heavy atom. The summed E-state index contributed by atoms with van der Waals surface area (Å²) in [5.41, 5.74) is 0.896. The summed E-state index contributed by atoms with van der Waals surface area (Å²) >= 11 is 0. The van der Waals surface area contributed by atoms with Crippen LogP contribution in [0.2, 0.25) is 0 Å². The first-order chi connectivity index (χ1) is 7.59. The molecule has 5 nitrogen and oxygen atoms in total. The Morgan fingerprint density at radius 3 is 2.35 bits per heavy atom. The average Bonchev–Trinajstić information content (AvgIpc) is 2.14. The van der Waals surface area contributed by atoms with Crippen LogP contribution >= 0.6 is 0 Å². The van der Waals surface area contributed by atoms with E-state index in [-0.39, 0.29) is 6.54 Å². The molecule has 6 heteroatoms. The zero-order valence-electron chi connectivity index (χ0n) is 10.9. The smallest absolute Gasteiger partial charge is 0.240 e. The third-order valence-corrected chi connectivity index (χ3v) is 4.39. The Balaban J connectivity index is 4.08. The van der Waals surface area contributed by atoms with Gasteiger partial charge in [0.15, 0.2) is 9.84 Å². The fourth-order valence-corrected chi connectivity index (χ4v) is 1.27. The van der Waals surface area contributed by atoms with Crippen molar-refractivity contribution < 1.29 is 17.9 Å². The summed E-state index contributed by atoms with van der Waals surface area (Å²) in [6, 6.07) is 0. The van der Waals surface area contributed by atoms with Crippen molar-refractivity contribution in [1.29, 1.82) is 0 Å². The summed E-state index contributed by atoms with van der Waals surface area (Å²) in [5.74, 6) is -0.515. The van der Waals surface area contributed by atoms with Crippen molar-refractivity contribution in [2.75, 3.05) is 26.0 Å². The second-order valence-corrected chi connectivity index (χ2v) is 7.11. The SMILES string of the molecule is C=C(C)COCCNC(=O)C(C)(C)S(C)(=O)=O. The first-order valence-electron chi connectivity index (χ1n) is 5.29. The molecule has 0 atom stereocenters. The van der Waals surface area contributed by atoms with Crippen LogP contribution in [0, 0.1) is 0 Å². The topological polar surface area (TPSA) is 72.5 Å². The van der Waals surface area contributed by atoms with Crippen LogP contribution in [0.5, 0.6) is 0 Å². The largest absolute Gasteiger partial charge is 0.375 e. The summed E-state index contributed by atoms with van der Waals surface area (Å²) < 4.78 is 26.5. The Bertz CT molecular complexity index is 384. The lowest BCUT2D eigenvalue weighted by atomic mass is 10.2. The molecule has 0 unspecified atom stereocenters. The van der Waals surface area contributed by atoms with E-state index < -0.39 is 20.5 Å². The Labute approximate surface area is 103 Å². The van der Waals surface area contributed by atoms with Gasteiger partial charge in [-0.15, -0.1) is 0 Å². The number of carbonyl (C=O) groups excluding carboxylic acids is 1. The van der Waals surface area contributed by atoms with E-state index in [9.17, 15) is 13.2 Å². The molecule has 0 aromatic heterocycles. The highest BCUT2D eigenvalue weighted by molar-refractivity contribution is 7.92. The van der Waals surface area contributed by atoms with Gasteiger partial charge >= 0.3 is 0 Å². The first kappa shape index (κ1) is 16.1. The lowest BCUT2D eigenvalue weighted by Crippen LogP contribution is -2.48. The van der Waals surface area contributed by atoms with E-state index in [1.54, 1.807) is 0 Å². The lowest BCUT2D eigenvalue weighted by Gasteiger charge is -2.21.